The second-order valence-corrected chi connectivity index (χ2v) is 5.91. The van der Waals surface area contributed by atoms with Crippen LogP contribution in [0.2, 0.25) is 0 Å². The molecule has 2 aromatic heterocycles. The zero-order chi connectivity index (χ0) is 16.8. The highest BCUT2D eigenvalue weighted by molar-refractivity contribution is 5.78. The van der Waals surface area contributed by atoms with Crippen molar-refractivity contribution in [3.8, 4) is 0 Å². The van der Waals surface area contributed by atoms with Gasteiger partial charge in [-0.1, -0.05) is 18.7 Å². The van der Waals surface area contributed by atoms with E-state index in [1.165, 1.54) is 0 Å². The smallest absolute Gasteiger partial charge is 0.227 e. The molecule has 1 fully saturated rings. The molecule has 0 bridgehead atoms. The summed E-state index contributed by atoms with van der Waals surface area (Å²) < 4.78 is 0. The van der Waals surface area contributed by atoms with Crippen molar-refractivity contribution in [3.63, 3.8) is 0 Å². The van der Waals surface area contributed by atoms with Crippen molar-refractivity contribution in [1.29, 1.82) is 0 Å². The molecule has 124 valence electrons. The number of amides is 1. The minimum absolute atomic E-state index is 0.166. The summed E-state index contributed by atoms with van der Waals surface area (Å²) in [6.45, 7) is 6.99. The van der Waals surface area contributed by atoms with E-state index in [1.54, 1.807) is 18.5 Å². The van der Waals surface area contributed by atoms with Crippen LogP contribution < -0.4 is 4.90 Å². The molecule has 0 aliphatic carbocycles. The number of carbonyl (C=O) groups is 1. The quantitative estimate of drug-likeness (QED) is 0.867. The Morgan fingerprint density at radius 1 is 1.17 bits per heavy atom. The molecular weight excluding hydrogens is 300 g/mol. The maximum absolute atomic E-state index is 12.5. The van der Waals surface area contributed by atoms with E-state index in [1.807, 2.05) is 35.4 Å². The summed E-state index contributed by atoms with van der Waals surface area (Å²) in [5, 5.41) is 0. The maximum atomic E-state index is 12.5. The number of rotatable bonds is 4. The Balaban J connectivity index is 1.59. The minimum atomic E-state index is 0.166. The summed E-state index contributed by atoms with van der Waals surface area (Å²) in [4.78, 5) is 25.3. The van der Waals surface area contributed by atoms with Crippen molar-refractivity contribution >= 4 is 17.8 Å². The fraction of sp³-hybridized carbons (Fsp3) is 0.316. The molecule has 0 atom stereocenters. The molecule has 1 aliphatic heterocycles. The average molecular weight is 322 g/mol. The molecule has 5 nitrogen and oxygen atoms in total. The first kappa shape index (κ1) is 16.2. The highest BCUT2D eigenvalue weighted by Gasteiger charge is 2.20. The predicted octanol–water partition coefficient (Wildman–Crippen LogP) is 2.40. The number of nitrogens with zero attached hydrogens (tertiary/aromatic N) is 4. The van der Waals surface area contributed by atoms with E-state index in [4.69, 9.17) is 0 Å². The van der Waals surface area contributed by atoms with Crippen LogP contribution in [-0.4, -0.2) is 47.0 Å². The first-order valence-electron chi connectivity index (χ1n) is 8.26. The SMILES string of the molecule is C=Cc1ccc(N2CCCN(C(=O)Cc3cccnc3)CC2)nc1. The van der Waals surface area contributed by atoms with Gasteiger partial charge in [-0.3, -0.25) is 9.78 Å². The summed E-state index contributed by atoms with van der Waals surface area (Å²) in [7, 11) is 0. The number of anilines is 1. The summed E-state index contributed by atoms with van der Waals surface area (Å²) in [5.74, 6) is 1.13. The topological polar surface area (TPSA) is 49.3 Å². The van der Waals surface area contributed by atoms with Gasteiger partial charge in [-0.15, -0.1) is 0 Å². The summed E-state index contributed by atoms with van der Waals surface area (Å²) >= 11 is 0. The van der Waals surface area contributed by atoms with Gasteiger partial charge >= 0.3 is 0 Å². The maximum Gasteiger partial charge on any atom is 0.227 e. The molecule has 0 saturated carbocycles. The third-order valence-electron chi connectivity index (χ3n) is 4.26. The van der Waals surface area contributed by atoms with Crippen LogP contribution in [-0.2, 0) is 11.2 Å². The van der Waals surface area contributed by atoms with Crippen molar-refractivity contribution < 1.29 is 4.79 Å². The highest BCUT2D eigenvalue weighted by atomic mass is 16.2. The standard InChI is InChI=1S/C19H22N4O/c1-2-16-6-7-18(21-15-16)22-9-4-10-23(12-11-22)19(24)13-17-5-3-8-20-14-17/h2-3,5-8,14-15H,1,4,9-13H2. The molecular formula is C19H22N4O. The van der Waals surface area contributed by atoms with Gasteiger partial charge < -0.3 is 9.80 Å². The first-order valence-corrected chi connectivity index (χ1v) is 8.26. The molecule has 2 aromatic rings. The third-order valence-corrected chi connectivity index (χ3v) is 4.26. The van der Waals surface area contributed by atoms with E-state index in [-0.39, 0.29) is 5.91 Å². The molecule has 1 aliphatic rings. The van der Waals surface area contributed by atoms with Crippen molar-refractivity contribution in [2.45, 2.75) is 12.8 Å². The first-order chi connectivity index (χ1) is 11.8. The van der Waals surface area contributed by atoms with Crippen molar-refractivity contribution in [3.05, 3.63) is 60.6 Å². The summed E-state index contributed by atoms with van der Waals surface area (Å²) in [6, 6.07) is 7.85. The minimum Gasteiger partial charge on any atom is -0.355 e. The Morgan fingerprint density at radius 3 is 2.79 bits per heavy atom. The van der Waals surface area contributed by atoms with Crippen LogP contribution in [0.5, 0.6) is 0 Å². The highest BCUT2D eigenvalue weighted by Crippen LogP contribution is 2.15. The fourth-order valence-electron chi connectivity index (χ4n) is 2.89. The van der Waals surface area contributed by atoms with E-state index in [9.17, 15) is 4.79 Å². The van der Waals surface area contributed by atoms with Crippen LogP contribution in [0.3, 0.4) is 0 Å². The number of hydrogen-bond acceptors (Lipinski definition) is 4. The van der Waals surface area contributed by atoms with E-state index in [2.05, 4.69) is 21.4 Å². The van der Waals surface area contributed by atoms with Crippen LogP contribution >= 0.6 is 0 Å². The van der Waals surface area contributed by atoms with Crippen molar-refractivity contribution in [2.24, 2.45) is 0 Å². The lowest BCUT2D eigenvalue weighted by atomic mass is 10.2. The largest absolute Gasteiger partial charge is 0.355 e. The second kappa shape index (κ2) is 7.73. The lowest BCUT2D eigenvalue weighted by Crippen LogP contribution is -2.36. The van der Waals surface area contributed by atoms with Crippen LogP contribution in [0, 0.1) is 0 Å². The molecule has 0 spiro atoms. The van der Waals surface area contributed by atoms with Gasteiger partial charge in [0.15, 0.2) is 0 Å². The lowest BCUT2D eigenvalue weighted by molar-refractivity contribution is -0.130. The lowest BCUT2D eigenvalue weighted by Gasteiger charge is -2.23. The predicted molar refractivity (Wildman–Crippen MR) is 95.7 cm³/mol. The zero-order valence-electron chi connectivity index (χ0n) is 13.8. The fourth-order valence-corrected chi connectivity index (χ4v) is 2.89. The van der Waals surface area contributed by atoms with Gasteiger partial charge in [-0.05, 0) is 35.7 Å². The third kappa shape index (κ3) is 3.98. The van der Waals surface area contributed by atoms with E-state index in [0.717, 1.165) is 49.5 Å². The number of pyridine rings is 2. The van der Waals surface area contributed by atoms with Crippen molar-refractivity contribution in [2.75, 3.05) is 31.1 Å². The molecule has 0 N–H and O–H groups in total. The zero-order valence-corrected chi connectivity index (χ0v) is 13.8. The van der Waals surface area contributed by atoms with Crippen LogP contribution in [0.1, 0.15) is 17.5 Å². The molecule has 3 rings (SSSR count). The van der Waals surface area contributed by atoms with Gasteiger partial charge in [-0.25, -0.2) is 4.98 Å². The molecule has 24 heavy (non-hydrogen) atoms. The molecule has 1 amide bonds. The average Bonchev–Trinajstić information content (AvgIpc) is 2.89. The van der Waals surface area contributed by atoms with Gasteiger partial charge in [0.2, 0.25) is 5.91 Å². The van der Waals surface area contributed by atoms with Crippen LogP contribution in [0.25, 0.3) is 6.08 Å². The van der Waals surface area contributed by atoms with Crippen LogP contribution in [0.4, 0.5) is 5.82 Å². The van der Waals surface area contributed by atoms with E-state index >= 15 is 0 Å². The molecule has 0 radical (unpaired) electrons. The molecule has 5 heteroatoms. The van der Waals surface area contributed by atoms with E-state index < -0.39 is 0 Å². The molecule has 0 unspecified atom stereocenters. The molecule has 3 heterocycles. The van der Waals surface area contributed by atoms with Gasteiger partial charge in [0.05, 0.1) is 6.42 Å². The molecule has 0 aromatic carbocycles. The molecule has 1 saturated heterocycles. The van der Waals surface area contributed by atoms with Gasteiger partial charge in [-0.2, -0.15) is 0 Å². The summed E-state index contributed by atoms with van der Waals surface area (Å²) in [6.07, 6.45) is 8.47. The Morgan fingerprint density at radius 2 is 2.08 bits per heavy atom. The number of hydrogen-bond donors (Lipinski definition) is 0. The second-order valence-electron chi connectivity index (χ2n) is 5.91. The Labute approximate surface area is 142 Å². The van der Waals surface area contributed by atoms with Gasteiger partial charge in [0, 0.05) is 44.8 Å². The number of carbonyl (C=O) groups excluding carboxylic acids is 1. The Hall–Kier alpha value is -2.69. The van der Waals surface area contributed by atoms with Gasteiger partial charge in [0.1, 0.15) is 5.82 Å². The monoisotopic (exact) mass is 322 g/mol. The summed E-state index contributed by atoms with van der Waals surface area (Å²) in [5.41, 5.74) is 1.98. The number of aromatic nitrogens is 2. The van der Waals surface area contributed by atoms with Crippen LogP contribution in [0.15, 0.2) is 49.4 Å². The van der Waals surface area contributed by atoms with Gasteiger partial charge in [0.25, 0.3) is 0 Å². The Bertz CT molecular complexity index is 684. The Kier molecular flexibility index (Phi) is 5.21. The van der Waals surface area contributed by atoms with Crippen molar-refractivity contribution in [1.82, 2.24) is 14.9 Å². The van der Waals surface area contributed by atoms with E-state index in [0.29, 0.717) is 6.42 Å². The normalized spacial score (nSPS) is 15.0.